The zero-order chi connectivity index (χ0) is 10.4. The Kier molecular flexibility index (Phi) is 1.73. The topological polar surface area (TPSA) is 23.8 Å². The molecule has 1 heteroatoms. The van der Waals surface area contributed by atoms with E-state index in [1.807, 2.05) is 0 Å². The Balaban J connectivity index is 2.15. The quantitative estimate of drug-likeness (QED) is 0.584. The number of benzene rings is 1. The van der Waals surface area contributed by atoms with Crippen molar-refractivity contribution in [1.29, 1.82) is 5.26 Å². The molecule has 1 unspecified atom stereocenters. The van der Waals surface area contributed by atoms with Gasteiger partial charge in [0, 0.05) is 11.8 Å². The summed E-state index contributed by atoms with van der Waals surface area (Å²) in [6, 6.07) is 8.90. The first-order valence-electron chi connectivity index (χ1n) is 5.47. The van der Waals surface area contributed by atoms with Crippen LogP contribution in [0.4, 0.5) is 0 Å². The fourth-order valence-corrected chi connectivity index (χ4v) is 2.92. The van der Waals surface area contributed by atoms with Crippen molar-refractivity contribution in [2.24, 2.45) is 11.8 Å². The highest BCUT2D eigenvalue weighted by molar-refractivity contribution is 5.47. The molecule has 3 atom stereocenters. The van der Waals surface area contributed by atoms with Gasteiger partial charge in [-0.1, -0.05) is 30.4 Å². The Hall–Kier alpha value is -1.55. The SMILES string of the molecule is Cc1cccc2c1[C@@H]1C=C[C@@H]1C(C#N)C2. The third kappa shape index (κ3) is 1.08. The van der Waals surface area contributed by atoms with E-state index in [1.54, 1.807) is 0 Å². The van der Waals surface area contributed by atoms with E-state index >= 15 is 0 Å². The van der Waals surface area contributed by atoms with Gasteiger partial charge in [-0.3, -0.25) is 0 Å². The number of rotatable bonds is 0. The molecule has 15 heavy (non-hydrogen) atoms. The van der Waals surface area contributed by atoms with Crippen molar-refractivity contribution < 1.29 is 0 Å². The molecule has 2 aliphatic carbocycles. The lowest BCUT2D eigenvalue weighted by molar-refractivity contribution is 0.380. The van der Waals surface area contributed by atoms with E-state index in [-0.39, 0.29) is 5.92 Å². The summed E-state index contributed by atoms with van der Waals surface area (Å²) in [7, 11) is 0. The van der Waals surface area contributed by atoms with Crippen LogP contribution in [0.1, 0.15) is 22.6 Å². The lowest BCUT2D eigenvalue weighted by Crippen LogP contribution is -2.32. The van der Waals surface area contributed by atoms with Gasteiger partial charge in [-0.15, -0.1) is 0 Å². The van der Waals surface area contributed by atoms with Crippen LogP contribution in [0.5, 0.6) is 0 Å². The molecule has 3 rings (SSSR count). The van der Waals surface area contributed by atoms with E-state index in [0.717, 1.165) is 6.42 Å². The lowest BCUT2D eigenvalue weighted by Gasteiger charge is -2.40. The van der Waals surface area contributed by atoms with Crippen LogP contribution in [0.25, 0.3) is 0 Å². The second-order valence-electron chi connectivity index (χ2n) is 4.58. The zero-order valence-electron chi connectivity index (χ0n) is 8.77. The highest BCUT2D eigenvalue weighted by Crippen LogP contribution is 2.47. The van der Waals surface area contributed by atoms with Gasteiger partial charge in [-0.05, 0) is 30.0 Å². The predicted molar refractivity (Wildman–Crippen MR) is 59.4 cm³/mol. The minimum Gasteiger partial charge on any atom is -0.198 e. The Morgan fingerprint density at radius 3 is 2.87 bits per heavy atom. The summed E-state index contributed by atoms with van der Waals surface area (Å²) in [5, 5.41) is 9.12. The molecule has 0 heterocycles. The van der Waals surface area contributed by atoms with Crippen LogP contribution in [0.2, 0.25) is 0 Å². The van der Waals surface area contributed by atoms with Gasteiger partial charge in [-0.2, -0.15) is 5.26 Å². The van der Waals surface area contributed by atoms with Crippen LogP contribution < -0.4 is 0 Å². The van der Waals surface area contributed by atoms with E-state index in [0.29, 0.717) is 11.8 Å². The average Bonchev–Trinajstić information content (AvgIpc) is 2.19. The molecule has 1 nitrogen and oxygen atoms in total. The largest absolute Gasteiger partial charge is 0.198 e. The van der Waals surface area contributed by atoms with Crippen molar-refractivity contribution in [3.8, 4) is 6.07 Å². The fraction of sp³-hybridized carbons (Fsp3) is 0.357. The summed E-state index contributed by atoms with van der Waals surface area (Å²) in [5.41, 5.74) is 4.24. The van der Waals surface area contributed by atoms with Gasteiger partial charge >= 0.3 is 0 Å². The van der Waals surface area contributed by atoms with Crippen molar-refractivity contribution >= 4 is 0 Å². The molecule has 0 radical (unpaired) electrons. The molecule has 0 fully saturated rings. The van der Waals surface area contributed by atoms with E-state index < -0.39 is 0 Å². The monoisotopic (exact) mass is 195 g/mol. The second-order valence-corrected chi connectivity index (χ2v) is 4.58. The third-order valence-corrected chi connectivity index (χ3v) is 3.77. The molecule has 0 spiro atoms. The first kappa shape index (κ1) is 8.73. The molecular formula is C14H13N. The van der Waals surface area contributed by atoms with Gasteiger partial charge in [0.05, 0.1) is 12.0 Å². The molecule has 2 aliphatic rings. The van der Waals surface area contributed by atoms with Gasteiger partial charge in [0.2, 0.25) is 0 Å². The van der Waals surface area contributed by atoms with Gasteiger partial charge in [0.15, 0.2) is 0 Å². The van der Waals surface area contributed by atoms with Crippen molar-refractivity contribution in [3.63, 3.8) is 0 Å². The third-order valence-electron chi connectivity index (χ3n) is 3.77. The number of nitrogens with zero attached hydrogens (tertiary/aromatic N) is 1. The Labute approximate surface area is 90.0 Å². The lowest BCUT2D eigenvalue weighted by atomic mass is 9.63. The molecule has 0 saturated heterocycles. The van der Waals surface area contributed by atoms with Crippen molar-refractivity contribution in [1.82, 2.24) is 0 Å². The van der Waals surface area contributed by atoms with Gasteiger partial charge in [0.1, 0.15) is 0 Å². The Morgan fingerprint density at radius 1 is 1.33 bits per heavy atom. The Bertz CT molecular complexity index is 479. The molecule has 1 aromatic carbocycles. The number of aryl methyl sites for hydroxylation is 1. The van der Waals surface area contributed by atoms with Gasteiger partial charge in [0.25, 0.3) is 0 Å². The molecule has 74 valence electrons. The Morgan fingerprint density at radius 2 is 2.20 bits per heavy atom. The normalized spacial score (nSPS) is 31.1. The average molecular weight is 195 g/mol. The smallest absolute Gasteiger partial charge is 0.0665 e. The summed E-state index contributed by atoms with van der Waals surface area (Å²) < 4.78 is 0. The van der Waals surface area contributed by atoms with E-state index in [4.69, 9.17) is 5.26 Å². The van der Waals surface area contributed by atoms with E-state index in [2.05, 4.69) is 43.3 Å². The second kappa shape index (κ2) is 2.97. The van der Waals surface area contributed by atoms with E-state index in [9.17, 15) is 0 Å². The number of hydrogen-bond donors (Lipinski definition) is 0. The number of allylic oxidation sites excluding steroid dienone is 2. The molecule has 0 saturated carbocycles. The maximum atomic E-state index is 9.12. The molecule has 0 amide bonds. The standard InChI is InChI=1S/C14H13N/c1-9-3-2-4-10-7-11(8-15)12-5-6-13(12)14(9)10/h2-6,11-13H,7H2,1H3/t11?,12-,13-/m1/s1. The summed E-state index contributed by atoms with van der Waals surface area (Å²) in [6.07, 6.45) is 5.38. The fourth-order valence-electron chi connectivity index (χ4n) is 2.92. The summed E-state index contributed by atoms with van der Waals surface area (Å²) in [6.45, 7) is 2.18. The molecule has 0 aliphatic heterocycles. The highest BCUT2D eigenvalue weighted by Gasteiger charge is 2.38. The van der Waals surface area contributed by atoms with Crippen molar-refractivity contribution in [2.75, 3.05) is 0 Å². The van der Waals surface area contributed by atoms with Crippen LogP contribution in [0.15, 0.2) is 30.4 Å². The molecule has 0 aromatic heterocycles. The summed E-state index contributed by atoms with van der Waals surface area (Å²) >= 11 is 0. The maximum Gasteiger partial charge on any atom is 0.0665 e. The van der Waals surface area contributed by atoms with Crippen LogP contribution in [-0.2, 0) is 6.42 Å². The van der Waals surface area contributed by atoms with Crippen LogP contribution in [0, 0.1) is 30.1 Å². The molecule has 0 bridgehead atoms. The molecular weight excluding hydrogens is 182 g/mol. The maximum absolute atomic E-state index is 9.12. The van der Waals surface area contributed by atoms with Crippen LogP contribution >= 0.6 is 0 Å². The van der Waals surface area contributed by atoms with Crippen LogP contribution in [-0.4, -0.2) is 0 Å². The molecule has 1 aromatic rings. The zero-order valence-corrected chi connectivity index (χ0v) is 8.77. The van der Waals surface area contributed by atoms with Crippen molar-refractivity contribution in [3.05, 3.63) is 47.0 Å². The first-order chi connectivity index (χ1) is 7.31. The first-order valence-corrected chi connectivity index (χ1v) is 5.47. The number of fused-ring (bicyclic) bond motifs is 3. The number of hydrogen-bond acceptors (Lipinski definition) is 1. The minimum atomic E-state index is 0.189. The summed E-state index contributed by atoms with van der Waals surface area (Å²) in [5.74, 6) is 1.18. The van der Waals surface area contributed by atoms with Gasteiger partial charge < -0.3 is 0 Å². The predicted octanol–water partition coefficient (Wildman–Crippen LogP) is 2.96. The van der Waals surface area contributed by atoms with Crippen LogP contribution in [0.3, 0.4) is 0 Å². The van der Waals surface area contributed by atoms with Crippen molar-refractivity contribution in [2.45, 2.75) is 19.3 Å². The minimum absolute atomic E-state index is 0.189. The van der Waals surface area contributed by atoms with Gasteiger partial charge in [-0.25, -0.2) is 0 Å². The molecule has 0 N–H and O–H groups in total. The van der Waals surface area contributed by atoms with E-state index in [1.165, 1.54) is 16.7 Å². The number of nitriles is 1. The summed E-state index contributed by atoms with van der Waals surface area (Å²) in [4.78, 5) is 0. The highest BCUT2D eigenvalue weighted by atomic mass is 14.4.